The van der Waals surface area contributed by atoms with E-state index in [9.17, 15) is 22.8 Å². The first-order valence-corrected chi connectivity index (χ1v) is 12.1. The summed E-state index contributed by atoms with van der Waals surface area (Å²) in [5, 5.41) is 11.1. The number of carboxylic acids is 1. The lowest BCUT2D eigenvalue weighted by Crippen LogP contribution is -2.04. The average molecular weight is 545 g/mol. The van der Waals surface area contributed by atoms with E-state index >= 15 is 0 Å². The molecule has 8 nitrogen and oxygen atoms in total. The highest BCUT2D eigenvalue weighted by atomic mass is 32.1. The first-order valence-electron chi connectivity index (χ1n) is 11.3. The number of hydrogen-bond acceptors (Lipinski definition) is 7. The number of ether oxygens (including phenoxy) is 1. The quantitative estimate of drug-likeness (QED) is 0.242. The summed E-state index contributed by atoms with van der Waals surface area (Å²) in [4.78, 5) is 33.6. The van der Waals surface area contributed by atoms with Gasteiger partial charge in [-0.2, -0.15) is 13.2 Å². The van der Waals surface area contributed by atoms with Crippen LogP contribution >= 0.6 is 11.3 Å². The van der Waals surface area contributed by atoms with Crippen LogP contribution in [0.3, 0.4) is 0 Å². The molecule has 4 aromatic rings. The lowest BCUT2D eigenvalue weighted by atomic mass is 10.1. The Morgan fingerprint density at radius 2 is 1.87 bits per heavy atom. The second kappa shape index (κ2) is 12.8. The smallest absolute Gasteiger partial charge is 0.416 e. The Labute approximate surface area is 219 Å². The van der Waals surface area contributed by atoms with Gasteiger partial charge in [-0.3, -0.25) is 4.79 Å². The molecule has 2 aromatic heterocycles. The van der Waals surface area contributed by atoms with Crippen molar-refractivity contribution < 1.29 is 32.6 Å². The van der Waals surface area contributed by atoms with Crippen LogP contribution in [0.2, 0.25) is 0 Å². The van der Waals surface area contributed by atoms with Crippen molar-refractivity contribution in [2.75, 3.05) is 5.32 Å². The maximum absolute atomic E-state index is 12.8. The van der Waals surface area contributed by atoms with Crippen LogP contribution in [0.5, 0.6) is 11.6 Å². The standard InChI is InChI=1S/C20H13F3N4O2S.C6H10O2/c1-11(28)26-19-27-18-15(3-2-4-16(18)30-19)29-17-9-14(24-10-25-17)12-5-7-13(8-6-12)20(21,22)23;1-2-3-4-5-6(7)8/h2-10H,1H3,(H,26,27,28);4-5H,2-3H2,1H3,(H,7,8)/b;5-4+. The monoisotopic (exact) mass is 544 g/mol. The molecule has 0 saturated carbocycles. The molecule has 12 heteroatoms. The van der Waals surface area contributed by atoms with Crippen molar-refractivity contribution in [3.63, 3.8) is 0 Å². The number of nitrogens with one attached hydrogen (secondary N) is 1. The molecule has 0 aliphatic heterocycles. The number of carboxylic acid groups (broad SMARTS) is 1. The van der Waals surface area contributed by atoms with Crippen molar-refractivity contribution in [1.82, 2.24) is 15.0 Å². The summed E-state index contributed by atoms with van der Waals surface area (Å²) < 4.78 is 44.9. The Balaban J connectivity index is 0.000000436. The second-order valence-corrected chi connectivity index (χ2v) is 8.78. The third-order valence-corrected chi connectivity index (χ3v) is 5.68. The van der Waals surface area contributed by atoms with Gasteiger partial charge in [-0.1, -0.05) is 49.0 Å². The number of para-hydroxylation sites is 1. The Morgan fingerprint density at radius 3 is 2.50 bits per heavy atom. The van der Waals surface area contributed by atoms with E-state index in [2.05, 4.69) is 20.3 Å². The van der Waals surface area contributed by atoms with Crippen molar-refractivity contribution in [3.05, 3.63) is 72.6 Å². The predicted molar refractivity (Wildman–Crippen MR) is 138 cm³/mol. The van der Waals surface area contributed by atoms with Gasteiger partial charge in [-0.15, -0.1) is 0 Å². The number of rotatable bonds is 7. The third-order valence-electron chi connectivity index (χ3n) is 4.75. The van der Waals surface area contributed by atoms with Crippen LogP contribution in [0.4, 0.5) is 18.3 Å². The number of benzene rings is 2. The van der Waals surface area contributed by atoms with Crippen molar-refractivity contribution in [2.24, 2.45) is 0 Å². The molecular formula is C26H23F3N4O4S. The van der Waals surface area contributed by atoms with E-state index in [1.165, 1.54) is 48.9 Å². The molecule has 0 atom stereocenters. The molecule has 0 radical (unpaired) electrons. The van der Waals surface area contributed by atoms with Crippen molar-refractivity contribution >= 4 is 38.6 Å². The van der Waals surface area contributed by atoms with Crippen LogP contribution < -0.4 is 10.1 Å². The zero-order chi connectivity index (χ0) is 27.7. The van der Waals surface area contributed by atoms with Gasteiger partial charge in [0.05, 0.1) is 16.0 Å². The minimum Gasteiger partial charge on any atom is -0.478 e. The summed E-state index contributed by atoms with van der Waals surface area (Å²) in [6, 6.07) is 11.5. The number of carbonyl (C=O) groups is 2. The number of aliphatic carboxylic acids is 1. The average Bonchev–Trinajstić information content (AvgIpc) is 3.27. The van der Waals surface area contributed by atoms with Crippen LogP contribution in [0, 0.1) is 0 Å². The Kier molecular flexibility index (Phi) is 9.49. The minimum absolute atomic E-state index is 0.210. The number of aromatic nitrogens is 3. The number of alkyl halides is 3. The van der Waals surface area contributed by atoms with E-state index < -0.39 is 17.7 Å². The van der Waals surface area contributed by atoms with E-state index in [1.807, 2.05) is 13.0 Å². The molecule has 2 heterocycles. The number of anilines is 1. The number of amides is 1. The molecule has 0 aliphatic carbocycles. The number of thiazole rings is 1. The lowest BCUT2D eigenvalue weighted by molar-refractivity contribution is -0.137. The van der Waals surface area contributed by atoms with E-state index in [0.717, 1.165) is 29.7 Å². The number of halogens is 3. The fourth-order valence-electron chi connectivity index (χ4n) is 3.06. The summed E-state index contributed by atoms with van der Waals surface area (Å²) in [6.07, 6.45) is 1.55. The molecule has 1 amide bonds. The molecule has 38 heavy (non-hydrogen) atoms. The SMILES string of the molecule is CC(=O)Nc1nc2c(Oc3cc(-c4ccc(C(F)(F)F)cc4)ncn3)cccc2s1.CCC/C=C/C(=O)O. The second-order valence-electron chi connectivity index (χ2n) is 7.75. The fourth-order valence-corrected chi connectivity index (χ4v) is 3.99. The van der Waals surface area contributed by atoms with E-state index in [1.54, 1.807) is 18.2 Å². The molecule has 0 bridgehead atoms. The van der Waals surface area contributed by atoms with Gasteiger partial charge in [0.2, 0.25) is 11.8 Å². The maximum Gasteiger partial charge on any atom is 0.416 e. The van der Waals surface area contributed by atoms with Crippen molar-refractivity contribution in [2.45, 2.75) is 32.9 Å². The first kappa shape index (κ1) is 28.3. The Bertz CT molecular complexity index is 1440. The number of carbonyl (C=O) groups excluding carboxylic acids is 1. The van der Waals surface area contributed by atoms with Gasteiger partial charge in [0.1, 0.15) is 11.8 Å². The number of hydrogen-bond donors (Lipinski definition) is 2. The summed E-state index contributed by atoms with van der Waals surface area (Å²) in [5.74, 6) is -0.453. The van der Waals surface area contributed by atoms with E-state index in [0.29, 0.717) is 27.7 Å². The molecular weight excluding hydrogens is 521 g/mol. The highest BCUT2D eigenvalue weighted by Crippen LogP contribution is 2.35. The van der Waals surface area contributed by atoms with Gasteiger partial charge < -0.3 is 15.2 Å². The third kappa shape index (κ3) is 8.10. The predicted octanol–water partition coefficient (Wildman–Crippen LogP) is 6.95. The minimum atomic E-state index is -4.40. The van der Waals surface area contributed by atoms with E-state index in [-0.39, 0.29) is 11.8 Å². The van der Waals surface area contributed by atoms with Crippen LogP contribution in [0.25, 0.3) is 21.5 Å². The lowest BCUT2D eigenvalue weighted by Gasteiger charge is -2.09. The highest BCUT2D eigenvalue weighted by Gasteiger charge is 2.30. The molecule has 2 aromatic carbocycles. The molecule has 0 saturated heterocycles. The molecule has 0 aliphatic rings. The fraction of sp³-hybridized carbons (Fsp3) is 0.192. The molecule has 0 fully saturated rings. The topological polar surface area (TPSA) is 114 Å². The molecule has 0 spiro atoms. The summed E-state index contributed by atoms with van der Waals surface area (Å²) in [6.45, 7) is 3.40. The summed E-state index contributed by atoms with van der Waals surface area (Å²) in [7, 11) is 0. The van der Waals surface area contributed by atoms with Gasteiger partial charge >= 0.3 is 12.1 Å². The summed E-state index contributed by atoms with van der Waals surface area (Å²) in [5.41, 5.74) is 0.732. The van der Waals surface area contributed by atoms with Gasteiger partial charge in [0, 0.05) is 24.6 Å². The molecule has 0 unspecified atom stereocenters. The van der Waals surface area contributed by atoms with Crippen molar-refractivity contribution in [3.8, 4) is 22.9 Å². The van der Waals surface area contributed by atoms with Gasteiger partial charge in [0.15, 0.2) is 10.9 Å². The highest BCUT2D eigenvalue weighted by molar-refractivity contribution is 7.22. The van der Waals surface area contributed by atoms with Gasteiger partial charge in [-0.05, 0) is 30.7 Å². The number of allylic oxidation sites excluding steroid dienone is 1. The summed E-state index contributed by atoms with van der Waals surface area (Å²) >= 11 is 1.31. The number of unbranched alkanes of at least 4 members (excludes halogenated alkanes) is 1. The maximum atomic E-state index is 12.8. The molecule has 4 rings (SSSR count). The van der Waals surface area contributed by atoms with Gasteiger partial charge in [0.25, 0.3) is 0 Å². The first-order chi connectivity index (χ1) is 18.1. The number of nitrogens with zero attached hydrogens (tertiary/aromatic N) is 3. The zero-order valence-electron chi connectivity index (χ0n) is 20.3. The van der Waals surface area contributed by atoms with Crippen molar-refractivity contribution in [1.29, 1.82) is 0 Å². The van der Waals surface area contributed by atoms with Crippen LogP contribution in [-0.2, 0) is 15.8 Å². The van der Waals surface area contributed by atoms with E-state index in [4.69, 9.17) is 9.84 Å². The van der Waals surface area contributed by atoms with Crippen LogP contribution in [0.1, 0.15) is 32.3 Å². The zero-order valence-corrected chi connectivity index (χ0v) is 21.1. The van der Waals surface area contributed by atoms with Crippen LogP contribution in [-0.4, -0.2) is 31.9 Å². The van der Waals surface area contributed by atoms with Crippen LogP contribution in [0.15, 0.2) is 67.0 Å². The Hall–Kier alpha value is -4.32. The Morgan fingerprint density at radius 1 is 1.13 bits per heavy atom. The number of fused-ring (bicyclic) bond motifs is 1. The van der Waals surface area contributed by atoms with Gasteiger partial charge in [-0.25, -0.2) is 19.7 Å². The largest absolute Gasteiger partial charge is 0.478 e. The molecule has 198 valence electrons. The molecule has 2 N–H and O–H groups in total. The normalized spacial score (nSPS) is 11.2.